The minimum Gasteiger partial charge on any atom is -0.454 e. The Bertz CT molecular complexity index is 870. The molecule has 2 aromatic heterocycles. The lowest BCUT2D eigenvalue weighted by Gasteiger charge is -2.00. The van der Waals surface area contributed by atoms with Crippen LogP contribution in [0, 0.1) is 11.8 Å². The molecular formula is C15H11N3O3. The van der Waals surface area contributed by atoms with Gasteiger partial charge in [0.1, 0.15) is 11.3 Å². The Morgan fingerprint density at radius 2 is 2.10 bits per heavy atom. The minimum atomic E-state index is 0.210. The molecule has 104 valence electrons. The third-order valence-electron chi connectivity index (χ3n) is 3.55. The van der Waals surface area contributed by atoms with E-state index in [1.165, 1.54) is 0 Å². The van der Waals surface area contributed by atoms with Crippen molar-refractivity contribution in [2.45, 2.75) is 6.92 Å². The van der Waals surface area contributed by atoms with Crippen molar-refractivity contribution in [3.63, 3.8) is 0 Å². The SMILES string of the molecule is Cc1cccn2c(N=O)c(-c3ccc4c(c3)OCO4)nc12. The van der Waals surface area contributed by atoms with Gasteiger partial charge in [-0.3, -0.25) is 4.40 Å². The van der Waals surface area contributed by atoms with Crippen LogP contribution < -0.4 is 9.47 Å². The highest BCUT2D eigenvalue weighted by atomic mass is 16.7. The highest BCUT2D eigenvalue weighted by molar-refractivity contribution is 5.77. The summed E-state index contributed by atoms with van der Waals surface area (Å²) in [4.78, 5) is 15.8. The first kappa shape index (κ1) is 11.9. The molecule has 4 rings (SSSR count). The summed E-state index contributed by atoms with van der Waals surface area (Å²) in [6.45, 7) is 2.15. The normalized spacial score (nSPS) is 12.8. The maximum absolute atomic E-state index is 11.3. The van der Waals surface area contributed by atoms with E-state index in [-0.39, 0.29) is 12.6 Å². The number of pyridine rings is 1. The Hall–Kier alpha value is -2.89. The van der Waals surface area contributed by atoms with Crippen LogP contribution in [-0.2, 0) is 0 Å². The van der Waals surface area contributed by atoms with Crippen LogP contribution >= 0.6 is 0 Å². The van der Waals surface area contributed by atoms with Crippen molar-refractivity contribution in [2.75, 3.05) is 6.79 Å². The third kappa shape index (κ3) is 1.69. The fourth-order valence-electron chi connectivity index (χ4n) is 2.52. The molecule has 6 nitrogen and oxygen atoms in total. The number of aryl methyl sites for hydroxylation is 1. The van der Waals surface area contributed by atoms with Crippen molar-refractivity contribution < 1.29 is 9.47 Å². The fourth-order valence-corrected chi connectivity index (χ4v) is 2.52. The predicted octanol–water partition coefficient (Wildman–Crippen LogP) is 3.44. The molecule has 0 spiro atoms. The summed E-state index contributed by atoms with van der Waals surface area (Å²) in [6.07, 6.45) is 1.78. The van der Waals surface area contributed by atoms with E-state index in [0.717, 1.165) is 16.8 Å². The van der Waals surface area contributed by atoms with Gasteiger partial charge in [-0.25, -0.2) is 4.98 Å². The summed E-state index contributed by atoms with van der Waals surface area (Å²) in [5.41, 5.74) is 3.02. The summed E-state index contributed by atoms with van der Waals surface area (Å²) in [5, 5.41) is 3.15. The van der Waals surface area contributed by atoms with E-state index >= 15 is 0 Å². The van der Waals surface area contributed by atoms with Crippen molar-refractivity contribution in [3.05, 3.63) is 47.0 Å². The van der Waals surface area contributed by atoms with Crippen LogP contribution in [0.15, 0.2) is 41.7 Å². The quantitative estimate of drug-likeness (QED) is 0.675. The van der Waals surface area contributed by atoms with Gasteiger partial charge in [0.15, 0.2) is 11.5 Å². The standard InChI is InChI=1S/C15H11N3O3/c1-9-3-2-6-18-14(9)16-13(15(18)17-19)10-4-5-11-12(7-10)21-8-20-11/h2-7H,8H2,1H3. The number of nitrogens with zero attached hydrogens (tertiary/aromatic N) is 3. The van der Waals surface area contributed by atoms with Crippen molar-refractivity contribution >= 4 is 11.5 Å². The van der Waals surface area contributed by atoms with E-state index in [1.54, 1.807) is 10.6 Å². The van der Waals surface area contributed by atoms with Crippen LogP contribution in [0.4, 0.5) is 5.82 Å². The smallest absolute Gasteiger partial charge is 0.231 e. The monoisotopic (exact) mass is 281 g/mol. The molecule has 0 amide bonds. The number of hydrogen-bond donors (Lipinski definition) is 0. The molecule has 0 atom stereocenters. The van der Waals surface area contributed by atoms with Crippen LogP contribution in [0.2, 0.25) is 0 Å². The van der Waals surface area contributed by atoms with E-state index in [4.69, 9.17) is 9.47 Å². The summed E-state index contributed by atoms with van der Waals surface area (Å²) >= 11 is 0. The van der Waals surface area contributed by atoms with Gasteiger partial charge >= 0.3 is 0 Å². The zero-order valence-corrected chi connectivity index (χ0v) is 11.2. The fraction of sp³-hybridized carbons (Fsp3) is 0.133. The lowest BCUT2D eigenvalue weighted by atomic mass is 10.1. The molecule has 3 heterocycles. The second-order valence-corrected chi connectivity index (χ2v) is 4.83. The average Bonchev–Trinajstić information content (AvgIpc) is 3.10. The van der Waals surface area contributed by atoms with E-state index in [1.807, 2.05) is 37.3 Å². The molecule has 1 aliphatic rings. The molecule has 0 saturated heterocycles. The Kier molecular flexibility index (Phi) is 2.44. The van der Waals surface area contributed by atoms with Gasteiger partial charge in [-0.05, 0) is 41.9 Å². The van der Waals surface area contributed by atoms with Gasteiger partial charge in [-0.15, -0.1) is 4.91 Å². The zero-order valence-electron chi connectivity index (χ0n) is 11.2. The zero-order chi connectivity index (χ0) is 14.4. The molecule has 21 heavy (non-hydrogen) atoms. The van der Waals surface area contributed by atoms with E-state index in [2.05, 4.69) is 10.2 Å². The molecule has 0 fully saturated rings. The van der Waals surface area contributed by atoms with Gasteiger partial charge in [0.2, 0.25) is 12.6 Å². The Labute approximate surface area is 119 Å². The Balaban J connectivity index is 1.98. The van der Waals surface area contributed by atoms with Crippen molar-refractivity contribution in [1.29, 1.82) is 0 Å². The number of imidazole rings is 1. The molecule has 1 aliphatic heterocycles. The molecule has 1 aromatic carbocycles. The van der Waals surface area contributed by atoms with Gasteiger partial charge in [-0.2, -0.15) is 0 Å². The molecule has 0 radical (unpaired) electrons. The molecule has 6 heteroatoms. The minimum absolute atomic E-state index is 0.210. The maximum atomic E-state index is 11.3. The highest BCUT2D eigenvalue weighted by Crippen LogP contribution is 2.38. The molecule has 0 aliphatic carbocycles. The molecule has 0 saturated carbocycles. The van der Waals surface area contributed by atoms with Crippen LogP contribution in [0.5, 0.6) is 11.5 Å². The largest absolute Gasteiger partial charge is 0.454 e. The lowest BCUT2D eigenvalue weighted by molar-refractivity contribution is 0.174. The Morgan fingerprint density at radius 3 is 2.95 bits per heavy atom. The summed E-state index contributed by atoms with van der Waals surface area (Å²) in [7, 11) is 0. The van der Waals surface area contributed by atoms with Crippen LogP contribution in [-0.4, -0.2) is 16.2 Å². The highest BCUT2D eigenvalue weighted by Gasteiger charge is 2.19. The van der Waals surface area contributed by atoms with E-state index in [0.29, 0.717) is 17.2 Å². The van der Waals surface area contributed by atoms with E-state index in [9.17, 15) is 4.91 Å². The molecule has 0 N–H and O–H groups in total. The first-order valence-electron chi connectivity index (χ1n) is 6.49. The van der Waals surface area contributed by atoms with Gasteiger partial charge in [-0.1, -0.05) is 6.07 Å². The number of benzene rings is 1. The second kappa shape index (κ2) is 4.31. The summed E-state index contributed by atoms with van der Waals surface area (Å²) in [5.74, 6) is 1.63. The third-order valence-corrected chi connectivity index (χ3v) is 3.55. The number of rotatable bonds is 2. The van der Waals surface area contributed by atoms with Crippen molar-refractivity contribution in [3.8, 4) is 22.8 Å². The van der Waals surface area contributed by atoms with Gasteiger partial charge < -0.3 is 9.47 Å². The number of hydrogen-bond acceptors (Lipinski definition) is 5. The van der Waals surface area contributed by atoms with Gasteiger partial charge in [0.25, 0.3) is 0 Å². The lowest BCUT2D eigenvalue weighted by Crippen LogP contribution is -1.92. The number of aromatic nitrogens is 2. The van der Waals surface area contributed by atoms with Crippen LogP contribution in [0.1, 0.15) is 5.56 Å². The molecule has 0 unspecified atom stereocenters. The van der Waals surface area contributed by atoms with Gasteiger partial charge in [0.05, 0.1) is 0 Å². The van der Waals surface area contributed by atoms with Crippen molar-refractivity contribution in [2.24, 2.45) is 5.18 Å². The Morgan fingerprint density at radius 1 is 1.24 bits per heavy atom. The topological polar surface area (TPSA) is 65.2 Å². The molecule has 3 aromatic rings. The maximum Gasteiger partial charge on any atom is 0.231 e. The first-order chi connectivity index (χ1) is 10.3. The van der Waals surface area contributed by atoms with Gasteiger partial charge in [0, 0.05) is 11.8 Å². The van der Waals surface area contributed by atoms with Crippen LogP contribution in [0.25, 0.3) is 16.9 Å². The van der Waals surface area contributed by atoms with E-state index < -0.39 is 0 Å². The summed E-state index contributed by atoms with van der Waals surface area (Å²) in [6, 6.07) is 9.28. The molecular weight excluding hydrogens is 270 g/mol. The van der Waals surface area contributed by atoms with Crippen molar-refractivity contribution in [1.82, 2.24) is 9.38 Å². The summed E-state index contributed by atoms with van der Waals surface area (Å²) < 4.78 is 12.4. The average molecular weight is 281 g/mol. The molecule has 0 bridgehead atoms. The number of fused-ring (bicyclic) bond motifs is 2. The number of ether oxygens (including phenoxy) is 2. The van der Waals surface area contributed by atoms with Crippen LogP contribution in [0.3, 0.4) is 0 Å². The number of nitroso groups, excluding NO2 is 1. The second-order valence-electron chi connectivity index (χ2n) is 4.83. The predicted molar refractivity (Wildman–Crippen MR) is 76.9 cm³/mol. The first-order valence-corrected chi connectivity index (χ1v) is 6.49.